The van der Waals surface area contributed by atoms with Gasteiger partial charge in [-0.15, -0.1) is 11.3 Å². The van der Waals surface area contributed by atoms with Crippen molar-refractivity contribution in [2.75, 3.05) is 6.54 Å². The molecule has 3 rings (SSSR count). The first kappa shape index (κ1) is 13.5. The van der Waals surface area contributed by atoms with E-state index in [1.807, 2.05) is 28.1 Å². The average Bonchev–Trinajstić information content (AvgIpc) is 3.00. The van der Waals surface area contributed by atoms with E-state index in [2.05, 4.69) is 28.4 Å². The van der Waals surface area contributed by atoms with Crippen LogP contribution < -0.4 is 5.32 Å². The number of aromatic nitrogens is 3. The van der Waals surface area contributed by atoms with Crippen LogP contribution in [-0.2, 0) is 6.42 Å². The van der Waals surface area contributed by atoms with Crippen molar-refractivity contribution in [3.63, 3.8) is 0 Å². The number of halogens is 1. The standard InChI is InChI=1S/C14H15ClN4S/c1-2-16-12(13-11(15)4-3-5-17-13)8-10-9-19-6-7-20-14(19)18-10/h3-7,9,12,16H,2,8H2,1H3. The fraction of sp³-hybridized carbons (Fsp3) is 0.286. The maximum absolute atomic E-state index is 6.25. The van der Waals surface area contributed by atoms with E-state index in [0.717, 1.165) is 29.3 Å². The second-order valence-electron chi connectivity index (χ2n) is 4.51. The molecule has 0 bridgehead atoms. The van der Waals surface area contributed by atoms with Gasteiger partial charge in [-0.2, -0.15) is 0 Å². The van der Waals surface area contributed by atoms with Crippen molar-refractivity contribution in [2.45, 2.75) is 19.4 Å². The van der Waals surface area contributed by atoms with Crippen LogP contribution >= 0.6 is 22.9 Å². The number of hydrogen-bond donors (Lipinski definition) is 1. The summed E-state index contributed by atoms with van der Waals surface area (Å²) in [6.45, 7) is 2.94. The van der Waals surface area contributed by atoms with Gasteiger partial charge in [0.2, 0.25) is 0 Å². The van der Waals surface area contributed by atoms with Crippen molar-refractivity contribution < 1.29 is 0 Å². The molecular weight excluding hydrogens is 292 g/mol. The van der Waals surface area contributed by atoms with Gasteiger partial charge in [-0.1, -0.05) is 18.5 Å². The van der Waals surface area contributed by atoms with Crippen LogP contribution in [-0.4, -0.2) is 20.9 Å². The molecule has 0 saturated heterocycles. The van der Waals surface area contributed by atoms with Crippen molar-refractivity contribution in [2.24, 2.45) is 0 Å². The van der Waals surface area contributed by atoms with Crippen LogP contribution in [0.3, 0.4) is 0 Å². The maximum atomic E-state index is 6.25. The average molecular weight is 307 g/mol. The van der Waals surface area contributed by atoms with Crippen molar-refractivity contribution in [1.82, 2.24) is 19.7 Å². The number of fused-ring (bicyclic) bond motifs is 1. The fourth-order valence-electron chi connectivity index (χ4n) is 2.25. The highest BCUT2D eigenvalue weighted by Gasteiger charge is 2.17. The minimum atomic E-state index is 0.0818. The minimum absolute atomic E-state index is 0.0818. The smallest absolute Gasteiger partial charge is 0.193 e. The molecule has 1 atom stereocenters. The molecular formula is C14H15ClN4S. The summed E-state index contributed by atoms with van der Waals surface area (Å²) in [6.07, 6.45) is 6.63. The second-order valence-corrected chi connectivity index (χ2v) is 5.79. The zero-order valence-corrected chi connectivity index (χ0v) is 12.7. The Morgan fingerprint density at radius 1 is 1.50 bits per heavy atom. The minimum Gasteiger partial charge on any atom is -0.309 e. The molecule has 0 fully saturated rings. The van der Waals surface area contributed by atoms with Gasteiger partial charge in [0, 0.05) is 30.4 Å². The van der Waals surface area contributed by atoms with E-state index in [4.69, 9.17) is 11.6 Å². The highest BCUT2D eigenvalue weighted by molar-refractivity contribution is 7.15. The van der Waals surface area contributed by atoms with Gasteiger partial charge < -0.3 is 5.32 Å². The highest BCUT2D eigenvalue weighted by Crippen LogP contribution is 2.24. The zero-order chi connectivity index (χ0) is 13.9. The Bertz CT molecular complexity index is 677. The topological polar surface area (TPSA) is 42.2 Å². The summed E-state index contributed by atoms with van der Waals surface area (Å²) in [6, 6.07) is 3.81. The molecule has 104 valence electrons. The van der Waals surface area contributed by atoms with E-state index >= 15 is 0 Å². The molecule has 0 aliphatic heterocycles. The summed E-state index contributed by atoms with van der Waals surface area (Å²) in [5, 5.41) is 6.16. The molecule has 20 heavy (non-hydrogen) atoms. The first-order chi connectivity index (χ1) is 9.78. The number of likely N-dealkylation sites (N-methyl/N-ethyl adjacent to an activating group) is 1. The lowest BCUT2D eigenvalue weighted by atomic mass is 10.1. The number of hydrogen-bond acceptors (Lipinski definition) is 4. The number of rotatable bonds is 5. The van der Waals surface area contributed by atoms with Gasteiger partial charge in [-0.3, -0.25) is 9.38 Å². The molecule has 0 saturated carbocycles. The number of imidazole rings is 1. The van der Waals surface area contributed by atoms with Gasteiger partial charge in [0.15, 0.2) is 4.96 Å². The van der Waals surface area contributed by atoms with Gasteiger partial charge in [0.1, 0.15) is 0 Å². The SMILES string of the molecule is CCNC(Cc1cn2ccsc2n1)c1ncccc1Cl. The maximum Gasteiger partial charge on any atom is 0.193 e. The van der Waals surface area contributed by atoms with E-state index < -0.39 is 0 Å². The van der Waals surface area contributed by atoms with E-state index in [1.54, 1.807) is 17.5 Å². The first-order valence-corrected chi connectivity index (χ1v) is 7.78. The third kappa shape index (κ3) is 2.70. The summed E-state index contributed by atoms with van der Waals surface area (Å²) < 4.78 is 2.04. The van der Waals surface area contributed by atoms with Crippen LogP contribution in [0.5, 0.6) is 0 Å². The lowest BCUT2D eigenvalue weighted by molar-refractivity contribution is 0.532. The van der Waals surface area contributed by atoms with Gasteiger partial charge >= 0.3 is 0 Å². The van der Waals surface area contributed by atoms with Crippen molar-refractivity contribution >= 4 is 27.9 Å². The number of pyridine rings is 1. The van der Waals surface area contributed by atoms with Crippen LogP contribution in [0.15, 0.2) is 36.1 Å². The predicted octanol–water partition coefficient (Wildman–Crippen LogP) is 3.34. The molecule has 0 radical (unpaired) electrons. The molecule has 6 heteroatoms. The summed E-state index contributed by atoms with van der Waals surface area (Å²) in [5.74, 6) is 0. The summed E-state index contributed by atoms with van der Waals surface area (Å²) in [5.41, 5.74) is 1.93. The Balaban J connectivity index is 1.87. The van der Waals surface area contributed by atoms with Crippen LogP contribution in [0.25, 0.3) is 4.96 Å². The Hall–Kier alpha value is -1.43. The van der Waals surface area contributed by atoms with Gasteiger partial charge in [-0.25, -0.2) is 4.98 Å². The van der Waals surface area contributed by atoms with E-state index in [1.165, 1.54) is 0 Å². The van der Waals surface area contributed by atoms with Crippen LogP contribution in [0.2, 0.25) is 5.02 Å². The zero-order valence-electron chi connectivity index (χ0n) is 11.1. The summed E-state index contributed by atoms with van der Waals surface area (Å²) in [4.78, 5) is 10.0. The molecule has 3 heterocycles. The quantitative estimate of drug-likeness (QED) is 0.786. The third-order valence-corrected chi connectivity index (χ3v) is 4.21. The highest BCUT2D eigenvalue weighted by atomic mass is 35.5. The Kier molecular flexibility index (Phi) is 4.00. The number of thiazole rings is 1. The Morgan fingerprint density at radius 2 is 2.40 bits per heavy atom. The molecule has 4 nitrogen and oxygen atoms in total. The largest absolute Gasteiger partial charge is 0.309 e. The van der Waals surface area contributed by atoms with E-state index in [-0.39, 0.29) is 6.04 Å². The lowest BCUT2D eigenvalue weighted by Crippen LogP contribution is -2.24. The van der Waals surface area contributed by atoms with Gasteiger partial charge in [0.05, 0.1) is 22.5 Å². The summed E-state index contributed by atoms with van der Waals surface area (Å²) in [7, 11) is 0. The second kappa shape index (κ2) is 5.91. The van der Waals surface area contributed by atoms with E-state index in [9.17, 15) is 0 Å². The first-order valence-electron chi connectivity index (χ1n) is 6.52. The monoisotopic (exact) mass is 306 g/mol. The summed E-state index contributed by atoms with van der Waals surface area (Å²) >= 11 is 7.89. The molecule has 0 aliphatic rings. The Morgan fingerprint density at radius 3 is 3.15 bits per heavy atom. The fourth-order valence-corrected chi connectivity index (χ4v) is 3.22. The van der Waals surface area contributed by atoms with Gasteiger partial charge in [-0.05, 0) is 18.7 Å². The molecule has 3 aromatic rings. The molecule has 0 aliphatic carbocycles. The number of nitrogens with one attached hydrogen (secondary N) is 1. The molecule has 0 amide bonds. The molecule has 1 unspecified atom stereocenters. The van der Waals surface area contributed by atoms with Gasteiger partial charge in [0.25, 0.3) is 0 Å². The normalized spacial score (nSPS) is 12.9. The van der Waals surface area contributed by atoms with Crippen LogP contribution in [0.4, 0.5) is 0 Å². The van der Waals surface area contributed by atoms with Crippen LogP contribution in [0.1, 0.15) is 24.4 Å². The van der Waals surface area contributed by atoms with Crippen molar-refractivity contribution in [1.29, 1.82) is 0 Å². The molecule has 3 aromatic heterocycles. The number of nitrogens with zero attached hydrogens (tertiary/aromatic N) is 3. The lowest BCUT2D eigenvalue weighted by Gasteiger charge is -2.17. The molecule has 0 spiro atoms. The van der Waals surface area contributed by atoms with E-state index in [0.29, 0.717) is 5.02 Å². The predicted molar refractivity (Wildman–Crippen MR) is 82.4 cm³/mol. The Labute approximate surface area is 126 Å². The van der Waals surface area contributed by atoms with Crippen LogP contribution in [0, 0.1) is 0 Å². The molecule has 0 aromatic carbocycles. The third-order valence-electron chi connectivity index (χ3n) is 3.12. The van der Waals surface area contributed by atoms with Crippen molar-refractivity contribution in [3.8, 4) is 0 Å². The van der Waals surface area contributed by atoms with Crippen molar-refractivity contribution in [3.05, 3.63) is 52.5 Å². The molecule has 1 N–H and O–H groups in total.